The lowest BCUT2D eigenvalue weighted by Gasteiger charge is -2.29. The minimum absolute atomic E-state index is 0.123. The molecule has 0 amide bonds. The molecule has 0 heterocycles. The van der Waals surface area contributed by atoms with Crippen LogP contribution in [-0.2, 0) is 15.1 Å². The average molecular weight is 253 g/mol. The van der Waals surface area contributed by atoms with Gasteiger partial charge in [-0.15, -0.1) is 0 Å². The zero-order valence-corrected chi connectivity index (χ0v) is 10.8. The number of ether oxygens (including phenoxy) is 1. The van der Waals surface area contributed by atoms with Gasteiger partial charge in [0.25, 0.3) is 0 Å². The number of rotatable bonds is 3. The van der Waals surface area contributed by atoms with Gasteiger partial charge in [0.15, 0.2) is 0 Å². The van der Waals surface area contributed by atoms with Gasteiger partial charge in [-0.2, -0.15) is 0 Å². The largest absolute Gasteiger partial charge is 0.454 e. The van der Waals surface area contributed by atoms with Crippen molar-refractivity contribution in [3.63, 3.8) is 0 Å². The third-order valence-corrected chi connectivity index (χ3v) is 3.63. The summed E-state index contributed by atoms with van der Waals surface area (Å²) in [6.45, 7) is 1.83. The van der Waals surface area contributed by atoms with Crippen molar-refractivity contribution in [1.29, 1.82) is 0 Å². The summed E-state index contributed by atoms with van der Waals surface area (Å²) in [7, 11) is 0. The van der Waals surface area contributed by atoms with Gasteiger partial charge in [0.05, 0.1) is 0 Å². The van der Waals surface area contributed by atoms with E-state index in [0.717, 1.165) is 31.2 Å². The molecule has 0 unspecified atom stereocenters. The van der Waals surface area contributed by atoms with Crippen LogP contribution in [0.15, 0.2) is 24.3 Å². The fourth-order valence-corrected chi connectivity index (χ4v) is 2.57. The Balaban J connectivity index is 2.27. The first kappa shape index (κ1) is 12.4. The summed E-state index contributed by atoms with van der Waals surface area (Å²) >= 11 is 5.89. The second-order valence-electron chi connectivity index (χ2n) is 4.54. The van der Waals surface area contributed by atoms with E-state index < -0.39 is 5.60 Å². The Bertz CT molecular complexity index is 391. The molecule has 0 aliphatic heterocycles. The number of hydrogen-bond acceptors (Lipinski definition) is 2. The van der Waals surface area contributed by atoms with Gasteiger partial charge in [0.2, 0.25) is 0 Å². The highest BCUT2D eigenvalue weighted by molar-refractivity contribution is 6.30. The molecular formula is C14H17ClO2. The molecule has 0 atom stereocenters. The van der Waals surface area contributed by atoms with Crippen LogP contribution >= 0.6 is 11.6 Å². The summed E-state index contributed by atoms with van der Waals surface area (Å²) in [5.41, 5.74) is 0.665. The van der Waals surface area contributed by atoms with Crippen molar-refractivity contribution in [3.8, 4) is 0 Å². The number of carbonyl (C=O) groups is 1. The topological polar surface area (TPSA) is 26.3 Å². The molecule has 0 aromatic heterocycles. The van der Waals surface area contributed by atoms with Gasteiger partial charge in [-0.05, 0) is 43.4 Å². The van der Waals surface area contributed by atoms with Crippen LogP contribution in [0.4, 0.5) is 0 Å². The van der Waals surface area contributed by atoms with Crippen LogP contribution in [0.3, 0.4) is 0 Å². The predicted octanol–water partition coefficient (Wildman–Crippen LogP) is 4.06. The van der Waals surface area contributed by atoms with Gasteiger partial charge >= 0.3 is 5.97 Å². The van der Waals surface area contributed by atoms with E-state index in [4.69, 9.17) is 16.3 Å². The molecule has 0 N–H and O–H groups in total. The second-order valence-corrected chi connectivity index (χ2v) is 4.97. The number of carbonyl (C=O) groups excluding carboxylic acids is 1. The highest BCUT2D eigenvalue weighted by atomic mass is 35.5. The van der Waals surface area contributed by atoms with E-state index in [0.29, 0.717) is 11.4 Å². The van der Waals surface area contributed by atoms with Crippen LogP contribution in [0.2, 0.25) is 5.02 Å². The van der Waals surface area contributed by atoms with Crippen molar-refractivity contribution in [2.45, 2.75) is 44.6 Å². The molecule has 1 aromatic carbocycles. The first-order valence-corrected chi connectivity index (χ1v) is 6.52. The maximum Gasteiger partial charge on any atom is 0.306 e. The van der Waals surface area contributed by atoms with Gasteiger partial charge in [0, 0.05) is 11.4 Å². The maximum atomic E-state index is 11.6. The molecule has 0 spiro atoms. The van der Waals surface area contributed by atoms with Crippen LogP contribution in [0, 0.1) is 0 Å². The molecule has 2 nitrogen and oxygen atoms in total. The highest BCUT2D eigenvalue weighted by Gasteiger charge is 2.39. The van der Waals surface area contributed by atoms with Crippen LogP contribution < -0.4 is 0 Å². The van der Waals surface area contributed by atoms with Gasteiger partial charge in [-0.1, -0.05) is 30.7 Å². The number of benzene rings is 1. The van der Waals surface area contributed by atoms with Gasteiger partial charge in [0.1, 0.15) is 5.60 Å². The summed E-state index contributed by atoms with van der Waals surface area (Å²) in [6, 6.07) is 7.65. The van der Waals surface area contributed by atoms with Gasteiger partial charge in [-0.25, -0.2) is 0 Å². The molecule has 92 valence electrons. The van der Waals surface area contributed by atoms with E-state index in [1.165, 1.54) is 0 Å². The lowest BCUT2D eigenvalue weighted by Crippen LogP contribution is -2.29. The zero-order chi connectivity index (χ0) is 12.3. The Morgan fingerprint density at radius 3 is 2.41 bits per heavy atom. The van der Waals surface area contributed by atoms with Crippen molar-refractivity contribution >= 4 is 17.6 Å². The molecule has 0 bridgehead atoms. The molecule has 1 aliphatic rings. The summed E-state index contributed by atoms with van der Waals surface area (Å²) in [5, 5.41) is 0.712. The minimum atomic E-state index is -0.405. The van der Waals surface area contributed by atoms with Gasteiger partial charge < -0.3 is 4.74 Å². The highest BCUT2D eigenvalue weighted by Crippen LogP contribution is 2.42. The smallest absolute Gasteiger partial charge is 0.306 e. The van der Waals surface area contributed by atoms with Crippen LogP contribution in [0.25, 0.3) is 0 Å². The van der Waals surface area contributed by atoms with E-state index in [2.05, 4.69) is 0 Å². The Labute approximate surface area is 107 Å². The average Bonchev–Trinajstić information content (AvgIpc) is 2.79. The Hall–Kier alpha value is -1.02. The van der Waals surface area contributed by atoms with Crippen LogP contribution in [0.5, 0.6) is 0 Å². The Morgan fingerprint density at radius 1 is 1.29 bits per heavy atom. The van der Waals surface area contributed by atoms with E-state index in [9.17, 15) is 4.79 Å². The van der Waals surface area contributed by atoms with Crippen molar-refractivity contribution in [3.05, 3.63) is 34.9 Å². The summed E-state index contributed by atoms with van der Waals surface area (Å²) in [6.07, 6.45) is 4.48. The summed E-state index contributed by atoms with van der Waals surface area (Å²) < 4.78 is 5.69. The normalized spacial score (nSPS) is 18.0. The third-order valence-electron chi connectivity index (χ3n) is 3.38. The quantitative estimate of drug-likeness (QED) is 0.759. The van der Waals surface area contributed by atoms with E-state index in [1.807, 2.05) is 31.2 Å². The predicted molar refractivity (Wildman–Crippen MR) is 68.0 cm³/mol. The Morgan fingerprint density at radius 2 is 1.88 bits per heavy atom. The molecule has 3 heteroatoms. The third kappa shape index (κ3) is 2.63. The van der Waals surface area contributed by atoms with E-state index in [-0.39, 0.29) is 5.97 Å². The summed E-state index contributed by atoms with van der Waals surface area (Å²) in [4.78, 5) is 11.6. The fraction of sp³-hybridized carbons (Fsp3) is 0.500. The molecule has 1 aromatic rings. The van der Waals surface area contributed by atoms with E-state index in [1.54, 1.807) is 0 Å². The molecular weight excluding hydrogens is 236 g/mol. The first-order chi connectivity index (χ1) is 8.16. The number of hydrogen-bond donors (Lipinski definition) is 0. The summed E-state index contributed by atoms with van der Waals surface area (Å²) in [5.74, 6) is -0.123. The Kier molecular flexibility index (Phi) is 3.72. The number of esters is 1. The maximum absolute atomic E-state index is 11.6. The SMILES string of the molecule is CCC(=O)OC1(c2ccc(Cl)cc2)CCCC1. The molecule has 2 rings (SSSR count). The first-order valence-electron chi connectivity index (χ1n) is 6.14. The fourth-order valence-electron chi connectivity index (χ4n) is 2.44. The molecule has 1 aliphatic carbocycles. The van der Waals surface area contributed by atoms with Crippen molar-refractivity contribution in [2.75, 3.05) is 0 Å². The standard InChI is InChI=1S/C14H17ClO2/c1-2-13(16)17-14(9-3-4-10-14)11-5-7-12(15)8-6-11/h5-8H,2-4,9-10H2,1H3. The molecule has 1 fully saturated rings. The molecule has 0 radical (unpaired) electrons. The minimum Gasteiger partial charge on any atom is -0.454 e. The zero-order valence-electron chi connectivity index (χ0n) is 10.0. The monoisotopic (exact) mass is 252 g/mol. The molecule has 0 saturated heterocycles. The molecule has 17 heavy (non-hydrogen) atoms. The van der Waals surface area contributed by atoms with Crippen molar-refractivity contribution in [1.82, 2.24) is 0 Å². The number of halogens is 1. The van der Waals surface area contributed by atoms with Crippen LogP contribution in [0.1, 0.15) is 44.6 Å². The van der Waals surface area contributed by atoms with Crippen molar-refractivity contribution in [2.24, 2.45) is 0 Å². The second kappa shape index (κ2) is 5.09. The van der Waals surface area contributed by atoms with E-state index >= 15 is 0 Å². The molecule has 1 saturated carbocycles. The van der Waals surface area contributed by atoms with Crippen LogP contribution in [-0.4, -0.2) is 5.97 Å². The lowest BCUT2D eigenvalue weighted by molar-refractivity contribution is -0.160. The lowest BCUT2D eigenvalue weighted by atomic mass is 9.92. The van der Waals surface area contributed by atoms with Crippen molar-refractivity contribution < 1.29 is 9.53 Å². The van der Waals surface area contributed by atoms with Gasteiger partial charge in [-0.3, -0.25) is 4.79 Å².